The number of ether oxygens (including phenoxy) is 2. The van der Waals surface area contributed by atoms with Crippen LogP contribution >= 0.6 is 0 Å². The van der Waals surface area contributed by atoms with Gasteiger partial charge in [-0.05, 0) is 42.8 Å². The van der Waals surface area contributed by atoms with Gasteiger partial charge in [-0.15, -0.1) is 0 Å². The summed E-state index contributed by atoms with van der Waals surface area (Å²) in [4.78, 5) is 16.7. The third-order valence-corrected chi connectivity index (χ3v) is 4.55. The van der Waals surface area contributed by atoms with E-state index in [-0.39, 0.29) is 11.9 Å². The van der Waals surface area contributed by atoms with E-state index in [1.54, 1.807) is 30.7 Å². The van der Waals surface area contributed by atoms with E-state index in [9.17, 15) is 4.79 Å². The van der Waals surface area contributed by atoms with E-state index in [0.717, 1.165) is 17.7 Å². The van der Waals surface area contributed by atoms with Gasteiger partial charge < -0.3 is 19.4 Å². The van der Waals surface area contributed by atoms with E-state index in [1.165, 1.54) is 0 Å². The molecule has 6 heteroatoms. The monoisotopic (exact) mass is 363 g/mol. The number of fused-ring (bicyclic) bond motifs is 1. The fourth-order valence-electron chi connectivity index (χ4n) is 3.01. The molecule has 0 fully saturated rings. The second kappa shape index (κ2) is 7.53. The Hall–Kier alpha value is -3.28. The number of amides is 1. The van der Waals surface area contributed by atoms with Crippen LogP contribution in [0.4, 0.5) is 0 Å². The summed E-state index contributed by atoms with van der Waals surface area (Å²) in [5.74, 6) is 1.17. The minimum Gasteiger partial charge on any atom is -0.490 e. The largest absolute Gasteiger partial charge is 0.490 e. The molecule has 3 aromatic rings. The van der Waals surface area contributed by atoms with Crippen molar-refractivity contribution in [1.29, 1.82) is 0 Å². The number of carbonyl (C=O) groups excluding carboxylic acids is 1. The highest BCUT2D eigenvalue weighted by atomic mass is 16.5. The Balaban J connectivity index is 1.45. The van der Waals surface area contributed by atoms with Crippen LogP contribution < -0.4 is 14.8 Å². The van der Waals surface area contributed by atoms with Crippen LogP contribution in [-0.2, 0) is 0 Å². The Morgan fingerprint density at radius 3 is 2.63 bits per heavy atom. The van der Waals surface area contributed by atoms with Crippen LogP contribution in [0.15, 0.2) is 61.2 Å². The molecule has 2 heterocycles. The van der Waals surface area contributed by atoms with Gasteiger partial charge in [0.05, 0.1) is 25.6 Å². The zero-order chi connectivity index (χ0) is 18.6. The van der Waals surface area contributed by atoms with Crippen molar-refractivity contribution in [1.82, 2.24) is 14.9 Å². The van der Waals surface area contributed by atoms with Crippen LogP contribution in [0.3, 0.4) is 0 Å². The second-order valence-corrected chi connectivity index (χ2v) is 6.47. The van der Waals surface area contributed by atoms with Crippen molar-refractivity contribution < 1.29 is 14.3 Å². The standard InChI is InChI=1S/C21H21N3O3/c1-15(16-3-6-18(7-4-16)24-10-9-22-14-24)23-21(25)17-5-8-19-20(13-17)27-12-2-11-26-19/h3-10,13-15H,2,11-12H2,1H3,(H,23,25). The van der Waals surface area contributed by atoms with Gasteiger partial charge in [-0.3, -0.25) is 4.79 Å². The Labute approximate surface area is 157 Å². The van der Waals surface area contributed by atoms with Crippen LogP contribution in [0.25, 0.3) is 5.69 Å². The number of hydrogen-bond acceptors (Lipinski definition) is 4. The smallest absolute Gasteiger partial charge is 0.251 e. The zero-order valence-corrected chi connectivity index (χ0v) is 15.1. The lowest BCUT2D eigenvalue weighted by Gasteiger charge is -2.16. The SMILES string of the molecule is CC(NC(=O)c1ccc2c(c1)OCCCO2)c1ccc(-n2ccnc2)cc1. The molecular weight excluding hydrogens is 342 g/mol. The molecule has 1 N–H and O–H groups in total. The number of rotatable bonds is 4. The maximum atomic E-state index is 12.6. The van der Waals surface area contributed by atoms with Crippen molar-refractivity contribution in [2.75, 3.05) is 13.2 Å². The molecule has 1 aliphatic heterocycles. The van der Waals surface area contributed by atoms with Gasteiger partial charge in [-0.2, -0.15) is 0 Å². The molecular formula is C21H21N3O3. The fourth-order valence-corrected chi connectivity index (χ4v) is 3.01. The highest BCUT2D eigenvalue weighted by Crippen LogP contribution is 2.30. The summed E-state index contributed by atoms with van der Waals surface area (Å²) in [5.41, 5.74) is 2.61. The molecule has 0 spiro atoms. The molecule has 1 aliphatic rings. The predicted octanol–water partition coefficient (Wildman–Crippen LogP) is 3.52. The van der Waals surface area contributed by atoms with Gasteiger partial charge in [0.1, 0.15) is 0 Å². The van der Waals surface area contributed by atoms with E-state index in [2.05, 4.69) is 10.3 Å². The molecule has 4 rings (SSSR count). The highest BCUT2D eigenvalue weighted by Gasteiger charge is 2.16. The molecule has 1 unspecified atom stereocenters. The molecule has 2 aromatic carbocycles. The second-order valence-electron chi connectivity index (χ2n) is 6.47. The topological polar surface area (TPSA) is 65.4 Å². The normalized spacial score (nSPS) is 14.3. The molecule has 1 atom stereocenters. The lowest BCUT2D eigenvalue weighted by molar-refractivity contribution is 0.0939. The van der Waals surface area contributed by atoms with Gasteiger partial charge >= 0.3 is 0 Å². The van der Waals surface area contributed by atoms with Gasteiger partial charge in [-0.25, -0.2) is 4.98 Å². The minimum absolute atomic E-state index is 0.120. The first kappa shape index (κ1) is 17.1. The molecule has 0 aliphatic carbocycles. The molecule has 0 saturated carbocycles. The van der Waals surface area contributed by atoms with Crippen molar-refractivity contribution in [3.05, 3.63) is 72.3 Å². The fraction of sp³-hybridized carbons (Fsp3) is 0.238. The Morgan fingerprint density at radius 2 is 1.89 bits per heavy atom. The minimum atomic E-state index is -0.142. The summed E-state index contributed by atoms with van der Waals surface area (Å²) in [6.07, 6.45) is 6.23. The molecule has 0 bridgehead atoms. The predicted molar refractivity (Wildman–Crippen MR) is 101 cm³/mol. The molecule has 1 aromatic heterocycles. The van der Waals surface area contributed by atoms with Gasteiger partial charge in [0.2, 0.25) is 0 Å². The van der Waals surface area contributed by atoms with E-state index in [4.69, 9.17) is 9.47 Å². The quantitative estimate of drug-likeness (QED) is 0.770. The summed E-state index contributed by atoms with van der Waals surface area (Å²) in [7, 11) is 0. The van der Waals surface area contributed by atoms with Crippen LogP contribution in [0, 0.1) is 0 Å². The number of benzene rings is 2. The number of hydrogen-bond donors (Lipinski definition) is 1. The van der Waals surface area contributed by atoms with Crippen molar-refractivity contribution in [3.8, 4) is 17.2 Å². The Kier molecular flexibility index (Phi) is 4.78. The van der Waals surface area contributed by atoms with Gasteiger partial charge in [0.15, 0.2) is 11.5 Å². The van der Waals surface area contributed by atoms with Crippen molar-refractivity contribution in [2.45, 2.75) is 19.4 Å². The van der Waals surface area contributed by atoms with E-state index in [0.29, 0.717) is 30.3 Å². The third kappa shape index (κ3) is 3.79. The van der Waals surface area contributed by atoms with Gasteiger partial charge in [0, 0.05) is 30.1 Å². The average Bonchev–Trinajstić information content (AvgIpc) is 3.13. The first-order valence-electron chi connectivity index (χ1n) is 8.99. The van der Waals surface area contributed by atoms with Crippen molar-refractivity contribution in [3.63, 3.8) is 0 Å². The summed E-state index contributed by atoms with van der Waals surface area (Å²) in [5, 5.41) is 3.03. The molecule has 0 radical (unpaired) electrons. The van der Waals surface area contributed by atoms with Crippen LogP contribution in [0.2, 0.25) is 0 Å². The average molecular weight is 363 g/mol. The summed E-state index contributed by atoms with van der Waals surface area (Å²) in [6, 6.07) is 13.2. The molecule has 138 valence electrons. The number of aromatic nitrogens is 2. The van der Waals surface area contributed by atoms with Crippen molar-refractivity contribution in [2.24, 2.45) is 0 Å². The number of nitrogens with zero attached hydrogens (tertiary/aromatic N) is 2. The Morgan fingerprint density at radius 1 is 1.11 bits per heavy atom. The summed E-state index contributed by atoms with van der Waals surface area (Å²) >= 11 is 0. The zero-order valence-electron chi connectivity index (χ0n) is 15.1. The summed E-state index contributed by atoms with van der Waals surface area (Å²) in [6.45, 7) is 3.19. The molecule has 27 heavy (non-hydrogen) atoms. The highest BCUT2D eigenvalue weighted by molar-refractivity contribution is 5.95. The number of imidazole rings is 1. The van der Waals surface area contributed by atoms with E-state index < -0.39 is 0 Å². The van der Waals surface area contributed by atoms with Gasteiger partial charge in [0.25, 0.3) is 5.91 Å². The third-order valence-electron chi connectivity index (χ3n) is 4.55. The van der Waals surface area contributed by atoms with E-state index >= 15 is 0 Å². The molecule has 6 nitrogen and oxygen atoms in total. The van der Waals surface area contributed by atoms with Crippen LogP contribution in [0.5, 0.6) is 11.5 Å². The van der Waals surface area contributed by atoms with Crippen LogP contribution in [-0.4, -0.2) is 28.7 Å². The first-order valence-corrected chi connectivity index (χ1v) is 8.99. The lowest BCUT2D eigenvalue weighted by Crippen LogP contribution is -2.26. The lowest BCUT2D eigenvalue weighted by atomic mass is 10.1. The van der Waals surface area contributed by atoms with Gasteiger partial charge in [-0.1, -0.05) is 12.1 Å². The maximum Gasteiger partial charge on any atom is 0.251 e. The number of carbonyl (C=O) groups is 1. The Bertz CT molecular complexity index is 920. The molecule has 1 amide bonds. The maximum absolute atomic E-state index is 12.6. The molecule has 0 saturated heterocycles. The first-order chi connectivity index (χ1) is 13.2. The summed E-state index contributed by atoms with van der Waals surface area (Å²) < 4.78 is 13.2. The number of nitrogens with one attached hydrogen (secondary N) is 1. The van der Waals surface area contributed by atoms with Crippen LogP contribution in [0.1, 0.15) is 35.3 Å². The van der Waals surface area contributed by atoms with Crippen molar-refractivity contribution >= 4 is 5.91 Å². The van der Waals surface area contributed by atoms with E-state index in [1.807, 2.05) is 42.0 Å².